The maximum atomic E-state index is 15.1. The summed E-state index contributed by atoms with van der Waals surface area (Å²) in [6, 6.07) is 12.2. The van der Waals surface area contributed by atoms with E-state index >= 15 is 4.39 Å². The third-order valence-electron chi connectivity index (χ3n) is 5.90. The summed E-state index contributed by atoms with van der Waals surface area (Å²) in [4.78, 5) is 23.1. The number of anilines is 1. The zero-order valence-electron chi connectivity index (χ0n) is 19.1. The predicted molar refractivity (Wildman–Crippen MR) is 129 cm³/mol. The minimum Gasteiger partial charge on any atom is -0.299 e. The lowest BCUT2D eigenvalue weighted by atomic mass is 10.1. The molecule has 0 bridgehead atoms. The molecule has 0 saturated heterocycles. The first-order valence-electron chi connectivity index (χ1n) is 10.9. The summed E-state index contributed by atoms with van der Waals surface area (Å²) >= 11 is 0. The van der Waals surface area contributed by atoms with E-state index < -0.39 is 11.7 Å². The van der Waals surface area contributed by atoms with Crippen molar-refractivity contribution >= 4 is 17.4 Å². The molecular formula is C26H23FN6O. The van der Waals surface area contributed by atoms with Crippen LogP contribution in [0.4, 0.5) is 10.2 Å². The Bertz CT molecular complexity index is 1500. The van der Waals surface area contributed by atoms with Gasteiger partial charge in [-0.3, -0.25) is 18.8 Å². The number of hydrogen-bond donors (Lipinski definition) is 0. The highest BCUT2D eigenvalue weighted by Crippen LogP contribution is 2.27. The third kappa shape index (κ3) is 3.83. The van der Waals surface area contributed by atoms with Crippen LogP contribution >= 0.6 is 0 Å². The Hall–Kier alpha value is -4.33. The number of benzene rings is 1. The number of rotatable bonds is 5. The SMILES string of the molecule is CCc1ccc(N(C)C(=O)c2ccc(-c3cnc4ccc(-c5cnn(C)c5)cn34)cc2F)nc1. The van der Waals surface area contributed by atoms with E-state index in [-0.39, 0.29) is 5.56 Å². The van der Waals surface area contributed by atoms with Gasteiger partial charge in [-0.15, -0.1) is 0 Å². The van der Waals surface area contributed by atoms with Crippen LogP contribution in [0.1, 0.15) is 22.8 Å². The molecule has 0 spiro atoms. The molecule has 0 aliphatic rings. The van der Waals surface area contributed by atoms with Gasteiger partial charge in [0.25, 0.3) is 5.91 Å². The fourth-order valence-electron chi connectivity index (χ4n) is 3.89. The van der Waals surface area contributed by atoms with Crippen LogP contribution in [-0.2, 0) is 13.5 Å². The van der Waals surface area contributed by atoms with Gasteiger partial charge in [-0.1, -0.05) is 19.1 Å². The van der Waals surface area contributed by atoms with Gasteiger partial charge in [-0.25, -0.2) is 14.4 Å². The first kappa shape index (κ1) is 21.5. The van der Waals surface area contributed by atoms with Crippen molar-refractivity contribution in [2.75, 3.05) is 11.9 Å². The zero-order chi connectivity index (χ0) is 23.8. The van der Waals surface area contributed by atoms with Gasteiger partial charge < -0.3 is 0 Å². The second-order valence-corrected chi connectivity index (χ2v) is 8.13. The Kier molecular flexibility index (Phi) is 5.41. The number of fused-ring (bicyclic) bond motifs is 1. The highest BCUT2D eigenvalue weighted by molar-refractivity contribution is 6.05. The molecule has 1 amide bonds. The Labute approximate surface area is 196 Å². The quantitative estimate of drug-likeness (QED) is 0.384. The normalized spacial score (nSPS) is 11.2. The molecule has 7 nitrogen and oxygen atoms in total. The predicted octanol–water partition coefficient (Wildman–Crippen LogP) is 4.77. The standard InChI is InChI=1S/C26H23FN6O/c1-4-17-5-9-24(28-12-17)32(3)26(34)21-8-6-18(11-22(21)27)23-14-29-25-10-7-19(16-33(23)25)20-13-30-31(2)15-20/h5-16H,4H2,1-3H3. The van der Waals surface area contributed by atoms with Crippen molar-refractivity contribution in [1.29, 1.82) is 0 Å². The van der Waals surface area contributed by atoms with Gasteiger partial charge in [0, 0.05) is 49.4 Å². The second kappa shape index (κ2) is 8.55. The molecule has 8 heteroatoms. The van der Waals surface area contributed by atoms with Gasteiger partial charge in [-0.2, -0.15) is 5.10 Å². The molecule has 0 saturated carbocycles. The van der Waals surface area contributed by atoms with Crippen molar-refractivity contribution in [2.24, 2.45) is 7.05 Å². The van der Waals surface area contributed by atoms with Gasteiger partial charge in [0.1, 0.15) is 17.3 Å². The molecule has 5 aromatic rings. The lowest BCUT2D eigenvalue weighted by Crippen LogP contribution is -2.28. The highest BCUT2D eigenvalue weighted by Gasteiger charge is 2.20. The molecule has 0 unspecified atom stereocenters. The summed E-state index contributed by atoms with van der Waals surface area (Å²) in [5.41, 5.74) is 5.08. The zero-order valence-corrected chi connectivity index (χ0v) is 19.1. The fourth-order valence-corrected chi connectivity index (χ4v) is 3.89. The van der Waals surface area contributed by atoms with E-state index in [2.05, 4.69) is 15.1 Å². The largest absolute Gasteiger partial charge is 0.299 e. The van der Waals surface area contributed by atoms with Gasteiger partial charge in [0.15, 0.2) is 0 Å². The number of halogens is 1. The molecule has 5 rings (SSSR count). The van der Waals surface area contributed by atoms with Crippen LogP contribution in [0, 0.1) is 5.82 Å². The van der Waals surface area contributed by atoms with Crippen LogP contribution in [0.5, 0.6) is 0 Å². The first-order valence-corrected chi connectivity index (χ1v) is 10.9. The number of hydrogen-bond acceptors (Lipinski definition) is 4. The summed E-state index contributed by atoms with van der Waals surface area (Å²) in [7, 11) is 3.46. The van der Waals surface area contributed by atoms with Crippen molar-refractivity contribution in [3.8, 4) is 22.4 Å². The van der Waals surface area contributed by atoms with Gasteiger partial charge >= 0.3 is 0 Å². The van der Waals surface area contributed by atoms with Crippen LogP contribution in [0.15, 0.2) is 73.4 Å². The molecule has 4 heterocycles. The number of aromatic nitrogens is 5. The molecule has 4 aromatic heterocycles. The van der Waals surface area contributed by atoms with Crippen molar-refractivity contribution in [1.82, 2.24) is 24.1 Å². The number of carbonyl (C=O) groups excluding carboxylic acids is 1. The van der Waals surface area contributed by atoms with Crippen molar-refractivity contribution < 1.29 is 9.18 Å². The van der Waals surface area contributed by atoms with Crippen molar-refractivity contribution in [3.05, 3.63) is 90.4 Å². The fraction of sp³-hybridized carbons (Fsp3) is 0.154. The van der Waals surface area contributed by atoms with Crippen molar-refractivity contribution in [2.45, 2.75) is 13.3 Å². The van der Waals surface area contributed by atoms with E-state index in [1.54, 1.807) is 42.5 Å². The summed E-state index contributed by atoms with van der Waals surface area (Å²) < 4.78 is 18.8. The lowest BCUT2D eigenvalue weighted by molar-refractivity contribution is 0.0988. The number of amides is 1. The summed E-state index contributed by atoms with van der Waals surface area (Å²) in [5.74, 6) is -0.592. The lowest BCUT2D eigenvalue weighted by Gasteiger charge is -2.17. The molecule has 0 atom stereocenters. The number of carbonyl (C=O) groups is 1. The third-order valence-corrected chi connectivity index (χ3v) is 5.90. The average Bonchev–Trinajstić information content (AvgIpc) is 3.49. The van der Waals surface area contributed by atoms with Crippen LogP contribution < -0.4 is 4.90 Å². The smallest absolute Gasteiger partial charge is 0.262 e. The maximum Gasteiger partial charge on any atom is 0.262 e. The Morgan fingerprint density at radius 1 is 0.971 bits per heavy atom. The van der Waals surface area contributed by atoms with E-state index in [4.69, 9.17) is 0 Å². The van der Waals surface area contributed by atoms with E-state index in [1.165, 1.54) is 17.0 Å². The summed E-state index contributed by atoms with van der Waals surface area (Å²) in [6.07, 6.45) is 9.95. The number of imidazole rings is 1. The number of aryl methyl sites for hydroxylation is 2. The molecule has 1 aromatic carbocycles. The molecule has 34 heavy (non-hydrogen) atoms. The molecular weight excluding hydrogens is 431 g/mol. The molecule has 0 N–H and O–H groups in total. The first-order chi connectivity index (χ1) is 16.4. The second-order valence-electron chi connectivity index (χ2n) is 8.13. The monoisotopic (exact) mass is 454 g/mol. The Morgan fingerprint density at radius 2 is 1.79 bits per heavy atom. The minimum atomic E-state index is -0.599. The average molecular weight is 455 g/mol. The number of pyridine rings is 2. The van der Waals surface area contributed by atoms with E-state index in [9.17, 15) is 4.79 Å². The van der Waals surface area contributed by atoms with Crippen LogP contribution in [0.3, 0.4) is 0 Å². The maximum absolute atomic E-state index is 15.1. The van der Waals surface area contributed by atoms with Crippen LogP contribution in [-0.4, -0.2) is 37.1 Å². The van der Waals surface area contributed by atoms with Crippen LogP contribution in [0.25, 0.3) is 28.0 Å². The molecule has 0 radical (unpaired) electrons. The van der Waals surface area contributed by atoms with Gasteiger partial charge in [-0.05, 0) is 42.3 Å². The summed E-state index contributed by atoms with van der Waals surface area (Å²) in [6.45, 7) is 2.03. The minimum absolute atomic E-state index is 0.0162. The Morgan fingerprint density at radius 3 is 2.47 bits per heavy atom. The molecule has 170 valence electrons. The molecule has 0 aliphatic carbocycles. The van der Waals surface area contributed by atoms with E-state index in [0.29, 0.717) is 11.4 Å². The highest BCUT2D eigenvalue weighted by atomic mass is 19.1. The number of nitrogens with zero attached hydrogens (tertiary/aromatic N) is 6. The Balaban J connectivity index is 1.46. The summed E-state index contributed by atoms with van der Waals surface area (Å²) in [5, 5.41) is 4.23. The van der Waals surface area contributed by atoms with Crippen LogP contribution in [0.2, 0.25) is 0 Å². The molecule has 0 aliphatic heterocycles. The van der Waals surface area contributed by atoms with Crippen molar-refractivity contribution in [3.63, 3.8) is 0 Å². The van der Waals surface area contributed by atoms with Gasteiger partial charge in [0.2, 0.25) is 0 Å². The van der Waals surface area contributed by atoms with E-state index in [0.717, 1.165) is 34.5 Å². The van der Waals surface area contributed by atoms with E-state index in [1.807, 2.05) is 49.0 Å². The topological polar surface area (TPSA) is 68.3 Å². The van der Waals surface area contributed by atoms with Gasteiger partial charge in [0.05, 0.1) is 23.7 Å². The molecule has 0 fully saturated rings.